The lowest BCUT2D eigenvalue weighted by atomic mass is 9.92. The first-order chi connectivity index (χ1) is 15.6. The quantitative estimate of drug-likeness (QED) is 0.528. The molecule has 2 unspecified atom stereocenters. The van der Waals surface area contributed by atoms with E-state index >= 15 is 0 Å². The van der Waals surface area contributed by atoms with Gasteiger partial charge in [-0.2, -0.15) is 31.3 Å². The Morgan fingerprint density at radius 1 is 1.18 bits per heavy atom. The third-order valence-electron chi connectivity index (χ3n) is 6.08. The molecule has 178 valence electrons. The first-order valence-electron chi connectivity index (χ1n) is 10.3. The Kier molecular flexibility index (Phi) is 5.29. The molecule has 1 N–H and O–H groups in total. The number of piperidine rings is 1. The van der Waals surface area contributed by atoms with Crippen LogP contribution in [0.4, 0.5) is 32.9 Å². The number of hydrogen-bond donors (Lipinski definition) is 1. The predicted octanol–water partition coefficient (Wildman–Crippen LogP) is 3.79. The van der Waals surface area contributed by atoms with Crippen LogP contribution in [0.5, 0.6) is 5.88 Å². The van der Waals surface area contributed by atoms with E-state index < -0.39 is 24.6 Å². The second-order valence-corrected chi connectivity index (χ2v) is 9.19. The molecule has 5 rings (SSSR count). The van der Waals surface area contributed by atoms with Gasteiger partial charge in [0.05, 0.1) is 5.69 Å². The molecule has 4 heterocycles. The van der Waals surface area contributed by atoms with Crippen molar-refractivity contribution in [2.75, 3.05) is 29.9 Å². The maximum atomic E-state index is 13.2. The zero-order valence-electron chi connectivity index (χ0n) is 17.4. The molecule has 8 nitrogen and oxygen atoms in total. The van der Waals surface area contributed by atoms with Crippen molar-refractivity contribution < 1.29 is 26.7 Å². The number of alkyl halides is 5. The van der Waals surface area contributed by atoms with Crippen LogP contribution >= 0.6 is 11.5 Å². The summed E-state index contributed by atoms with van der Waals surface area (Å²) in [6.45, 7) is 1.81. The van der Waals surface area contributed by atoms with Crippen molar-refractivity contribution in [3.05, 3.63) is 24.2 Å². The van der Waals surface area contributed by atoms with Crippen LogP contribution in [-0.2, 0) is 0 Å². The highest BCUT2D eigenvalue weighted by Gasteiger charge is 2.58. The topological polar surface area (TPSA) is 80.5 Å². The lowest BCUT2D eigenvalue weighted by Crippen LogP contribution is -2.48. The minimum atomic E-state index is -5.72. The fraction of sp³-hybridized carbons (Fsp3) is 0.579. The summed E-state index contributed by atoms with van der Waals surface area (Å²) in [6, 6.07) is 2.21. The average Bonchev–Trinajstić information content (AvgIpc) is 3.41. The number of fused-ring (bicyclic) bond motifs is 3. The Morgan fingerprint density at radius 3 is 2.55 bits per heavy atom. The normalized spacial score (nSPS) is 23.3. The van der Waals surface area contributed by atoms with E-state index in [9.17, 15) is 22.0 Å². The summed E-state index contributed by atoms with van der Waals surface area (Å²) in [7, 11) is 0. The third kappa shape index (κ3) is 4.15. The van der Waals surface area contributed by atoms with Gasteiger partial charge in [-0.1, -0.05) is 0 Å². The van der Waals surface area contributed by atoms with E-state index in [1.165, 1.54) is 28.4 Å². The minimum absolute atomic E-state index is 0.0390. The van der Waals surface area contributed by atoms with Crippen LogP contribution in [0.1, 0.15) is 18.5 Å². The fourth-order valence-corrected chi connectivity index (χ4v) is 5.26. The number of ether oxygens (including phenoxy) is 1. The molecule has 14 heteroatoms. The van der Waals surface area contributed by atoms with Crippen molar-refractivity contribution >= 4 is 28.1 Å². The molecule has 1 saturated heterocycles. The van der Waals surface area contributed by atoms with Gasteiger partial charge >= 0.3 is 12.1 Å². The second-order valence-electron chi connectivity index (χ2n) is 8.41. The Bertz CT molecular complexity index is 1140. The van der Waals surface area contributed by atoms with E-state index in [0.29, 0.717) is 11.8 Å². The number of hydrogen-bond acceptors (Lipinski definition) is 8. The predicted molar refractivity (Wildman–Crippen MR) is 110 cm³/mol. The first-order valence-corrected chi connectivity index (χ1v) is 11.1. The van der Waals surface area contributed by atoms with Crippen LogP contribution in [0.25, 0.3) is 5.65 Å². The molecule has 0 radical (unpaired) electrons. The van der Waals surface area contributed by atoms with Crippen LogP contribution in [0.3, 0.4) is 0 Å². The SMILES string of the molecule is Cc1cc(N2CC3CCC(C2)C3Nc2nc3c(OCC(F)(F)C(F)(F)F)nccn3n2)sn1. The van der Waals surface area contributed by atoms with Gasteiger partial charge < -0.3 is 15.0 Å². The molecule has 1 aliphatic heterocycles. The molecular weight excluding hydrogens is 469 g/mol. The maximum Gasteiger partial charge on any atom is 0.456 e. The number of aromatic nitrogens is 5. The van der Waals surface area contributed by atoms with E-state index in [4.69, 9.17) is 0 Å². The number of nitrogens with one attached hydrogen (secondary N) is 1. The summed E-state index contributed by atoms with van der Waals surface area (Å²) in [4.78, 5) is 10.4. The highest BCUT2D eigenvalue weighted by atomic mass is 32.1. The van der Waals surface area contributed by atoms with E-state index in [2.05, 4.69) is 40.5 Å². The monoisotopic (exact) mass is 489 g/mol. The Morgan fingerprint density at radius 2 is 1.91 bits per heavy atom. The van der Waals surface area contributed by atoms with E-state index in [-0.39, 0.29) is 17.6 Å². The Hall–Kier alpha value is -2.77. The molecule has 1 aliphatic carbocycles. The van der Waals surface area contributed by atoms with Gasteiger partial charge in [-0.25, -0.2) is 9.50 Å². The summed E-state index contributed by atoms with van der Waals surface area (Å²) in [5.74, 6) is -4.49. The molecule has 1 saturated carbocycles. The minimum Gasteiger partial charge on any atom is -0.468 e. The van der Waals surface area contributed by atoms with Crippen LogP contribution in [0.2, 0.25) is 0 Å². The largest absolute Gasteiger partial charge is 0.468 e. The molecule has 0 amide bonds. The molecule has 2 atom stereocenters. The molecule has 3 aromatic heterocycles. The lowest BCUT2D eigenvalue weighted by Gasteiger charge is -2.38. The van der Waals surface area contributed by atoms with Crippen molar-refractivity contribution in [2.45, 2.75) is 37.9 Å². The average molecular weight is 489 g/mol. The molecular formula is C19H20F5N7OS. The molecule has 2 fully saturated rings. The highest BCUT2D eigenvalue weighted by Crippen LogP contribution is 2.41. The number of halogens is 5. The lowest BCUT2D eigenvalue weighted by molar-refractivity contribution is -0.290. The van der Waals surface area contributed by atoms with Gasteiger partial charge in [0.1, 0.15) is 5.00 Å². The summed E-state index contributed by atoms with van der Waals surface area (Å²) >= 11 is 1.49. The fourth-order valence-electron chi connectivity index (χ4n) is 4.49. The number of anilines is 2. The van der Waals surface area contributed by atoms with Gasteiger partial charge in [-0.15, -0.1) is 5.10 Å². The smallest absolute Gasteiger partial charge is 0.456 e. The number of nitrogens with zero attached hydrogens (tertiary/aromatic N) is 6. The van der Waals surface area contributed by atoms with Gasteiger partial charge in [0.25, 0.3) is 5.88 Å². The molecule has 0 spiro atoms. The van der Waals surface area contributed by atoms with Crippen LogP contribution < -0.4 is 15.0 Å². The van der Waals surface area contributed by atoms with Crippen molar-refractivity contribution in [1.29, 1.82) is 0 Å². The second kappa shape index (κ2) is 7.92. The van der Waals surface area contributed by atoms with Crippen molar-refractivity contribution in [1.82, 2.24) is 24.0 Å². The molecule has 33 heavy (non-hydrogen) atoms. The van der Waals surface area contributed by atoms with Gasteiger partial charge in [-0.05, 0) is 49.2 Å². The zero-order chi connectivity index (χ0) is 23.4. The maximum absolute atomic E-state index is 13.2. The molecule has 3 aromatic rings. The summed E-state index contributed by atoms with van der Waals surface area (Å²) in [5.41, 5.74) is 0.957. The highest BCUT2D eigenvalue weighted by molar-refractivity contribution is 7.10. The van der Waals surface area contributed by atoms with Crippen molar-refractivity contribution in [3.63, 3.8) is 0 Å². The van der Waals surface area contributed by atoms with E-state index in [1.54, 1.807) is 0 Å². The third-order valence-corrected chi connectivity index (χ3v) is 7.03. The van der Waals surface area contributed by atoms with E-state index in [0.717, 1.165) is 36.6 Å². The van der Waals surface area contributed by atoms with Gasteiger partial charge in [0.15, 0.2) is 6.61 Å². The molecule has 2 aliphatic rings. The van der Waals surface area contributed by atoms with Gasteiger partial charge in [-0.3, -0.25) is 0 Å². The summed E-state index contributed by atoms with van der Waals surface area (Å²) in [5, 5.41) is 8.77. The molecule has 0 aromatic carbocycles. The Labute approximate surface area is 188 Å². The van der Waals surface area contributed by atoms with Crippen LogP contribution in [0.15, 0.2) is 18.5 Å². The first kappa shape index (κ1) is 22.0. The summed E-state index contributed by atoms with van der Waals surface area (Å²) in [6.07, 6.45) is -0.999. The summed E-state index contributed by atoms with van der Waals surface area (Å²) < 4.78 is 74.1. The number of rotatable bonds is 6. The van der Waals surface area contributed by atoms with Crippen LogP contribution in [-0.4, -0.2) is 61.8 Å². The van der Waals surface area contributed by atoms with Crippen LogP contribution in [0, 0.1) is 18.8 Å². The van der Waals surface area contributed by atoms with E-state index in [1.807, 2.05) is 6.92 Å². The van der Waals surface area contributed by atoms with Gasteiger partial charge in [0.2, 0.25) is 11.6 Å². The number of aryl methyl sites for hydroxylation is 1. The molecule has 2 bridgehead atoms. The zero-order valence-corrected chi connectivity index (χ0v) is 18.2. The van der Waals surface area contributed by atoms with Crippen molar-refractivity contribution in [3.8, 4) is 5.88 Å². The standard InChI is InChI=1S/C19H20F5N7OS/c1-10-6-13(33-29-10)30-7-11-2-3-12(8-30)14(11)26-17-27-15-16(25-4-5-31(15)28-17)32-9-18(20,21)19(22,23)24/h4-6,11-12,14H,2-3,7-9H2,1H3,(H,26,28). The van der Waals surface area contributed by atoms with Gasteiger partial charge in [0, 0.05) is 31.5 Å². The van der Waals surface area contributed by atoms with Crippen molar-refractivity contribution in [2.24, 2.45) is 11.8 Å². The Balaban J connectivity index is 1.30.